The van der Waals surface area contributed by atoms with Gasteiger partial charge in [0, 0.05) is 24.5 Å². The Kier molecular flexibility index (Phi) is 3.90. The van der Waals surface area contributed by atoms with Crippen LogP contribution in [0, 0.1) is 6.92 Å². The molecular weight excluding hydrogens is 334 g/mol. The van der Waals surface area contributed by atoms with Crippen LogP contribution in [0.3, 0.4) is 0 Å². The molecule has 3 aromatic rings. The van der Waals surface area contributed by atoms with E-state index in [0.717, 1.165) is 27.9 Å². The first-order valence-electron chi connectivity index (χ1n) is 8.01. The minimum atomic E-state index is -0.175. The predicted octanol–water partition coefficient (Wildman–Crippen LogP) is 5.07. The molecule has 0 unspecified atom stereocenters. The molecule has 0 bridgehead atoms. The van der Waals surface area contributed by atoms with Crippen molar-refractivity contribution in [3.05, 3.63) is 77.1 Å². The summed E-state index contributed by atoms with van der Waals surface area (Å²) in [5.74, 6) is 0. The summed E-state index contributed by atoms with van der Waals surface area (Å²) in [7, 11) is 0. The molecule has 0 saturated carbocycles. The number of pyridine rings is 1. The maximum atomic E-state index is 12.5. The number of hydrogen-bond donors (Lipinski definition) is 1. The van der Waals surface area contributed by atoms with Crippen molar-refractivity contribution in [2.75, 3.05) is 4.90 Å². The van der Waals surface area contributed by atoms with Gasteiger partial charge < -0.3 is 5.32 Å². The number of fused-ring (bicyclic) bond motifs is 1. The molecule has 0 fully saturated rings. The molecule has 25 heavy (non-hydrogen) atoms. The molecule has 4 nitrogen and oxygen atoms in total. The average molecular weight is 350 g/mol. The van der Waals surface area contributed by atoms with Crippen LogP contribution in [0.5, 0.6) is 0 Å². The number of hydrogen-bond acceptors (Lipinski definition) is 2. The van der Waals surface area contributed by atoms with Crippen molar-refractivity contribution in [1.82, 2.24) is 10.3 Å². The normalized spacial score (nSPS) is 13.4. The van der Waals surface area contributed by atoms with Gasteiger partial charge in [-0.25, -0.2) is 4.79 Å². The number of halogens is 1. The van der Waals surface area contributed by atoms with E-state index in [9.17, 15) is 4.79 Å². The summed E-state index contributed by atoms with van der Waals surface area (Å²) in [4.78, 5) is 18.3. The number of benzene rings is 2. The lowest BCUT2D eigenvalue weighted by molar-refractivity contribution is 0.247. The summed E-state index contributed by atoms with van der Waals surface area (Å²) in [6, 6.07) is 15.3. The molecule has 1 aromatic heterocycles. The van der Waals surface area contributed by atoms with E-state index < -0.39 is 0 Å². The zero-order chi connectivity index (χ0) is 17.4. The van der Waals surface area contributed by atoms with Crippen molar-refractivity contribution in [2.24, 2.45) is 0 Å². The van der Waals surface area contributed by atoms with Gasteiger partial charge >= 0.3 is 6.03 Å². The number of carbonyl (C=O) groups excluding carboxylic acids is 1. The number of amides is 2. The quantitative estimate of drug-likeness (QED) is 0.701. The Morgan fingerprint density at radius 1 is 1.12 bits per heavy atom. The molecule has 0 radical (unpaired) electrons. The van der Waals surface area contributed by atoms with Crippen molar-refractivity contribution in [3.8, 4) is 11.1 Å². The lowest BCUT2D eigenvalue weighted by Crippen LogP contribution is -2.41. The van der Waals surface area contributed by atoms with Gasteiger partial charge in [-0.2, -0.15) is 0 Å². The third-order valence-corrected chi connectivity index (χ3v) is 4.72. The van der Waals surface area contributed by atoms with E-state index in [0.29, 0.717) is 17.3 Å². The van der Waals surface area contributed by atoms with Crippen molar-refractivity contribution in [2.45, 2.75) is 13.5 Å². The summed E-state index contributed by atoms with van der Waals surface area (Å²) >= 11 is 6.31. The fraction of sp³-hybridized carbons (Fsp3) is 0.100. The maximum Gasteiger partial charge on any atom is 0.326 e. The molecule has 0 spiro atoms. The van der Waals surface area contributed by atoms with Crippen LogP contribution in [0.4, 0.5) is 16.2 Å². The van der Waals surface area contributed by atoms with Crippen LogP contribution in [-0.2, 0) is 6.54 Å². The molecule has 124 valence electrons. The molecule has 0 aliphatic carbocycles. The van der Waals surface area contributed by atoms with E-state index in [4.69, 9.17) is 11.6 Å². The van der Waals surface area contributed by atoms with Gasteiger partial charge in [0.2, 0.25) is 0 Å². The minimum absolute atomic E-state index is 0.175. The van der Waals surface area contributed by atoms with E-state index in [1.165, 1.54) is 0 Å². The van der Waals surface area contributed by atoms with Gasteiger partial charge in [0.05, 0.1) is 16.4 Å². The van der Waals surface area contributed by atoms with Gasteiger partial charge in [0.25, 0.3) is 0 Å². The molecule has 2 heterocycles. The summed E-state index contributed by atoms with van der Waals surface area (Å²) in [6.45, 7) is 2.55. The monoisotopic (exact) mass is 349 g/mol. The topological polar surface area (TPSA) is 45.2 Å². The molecule has 1 aliphatic rings. The molecule has 2 aromatic carbocycles. The van der Waals surface area contributed by atoms with Crippen LogP contribution in [0.2, 0.25) is 5.02 Å². The smallest absolute Gasteiger partial charge is 0.326 e. The van der Waals surface area contributed by atoms with Crippen molar-refractivity contribution in [1.29, 1.82) is 0 Å². The molecule has 5 heteroatoms. The van der Waals surface area contributed by atoms with Gasteiger partial charge in [-0.05, 0) is 53.9 Å². The van der Waals surface area contributed by atoms with E-state index in [-0.39, 0.29) is 6.03 Å². The third kappa shape index (κ3) is 2.75. The standard InChI is InChI=1S/C20H16ClN3O/c1-13-8-9-22-12-16(13)14-6-7-18-15(10-14)11-23-20(25)24(18)19-5-3-2-4-17(19)21/h2-10,12H,11H2,1H3,(H,23,25). The van der Waals surface area contributed by atoms with E-state index >= 15 is 0 Å². The van der Waals surface area contributed by atoms with Gasteiger partial charge in [0.1, 0.15) is 0 Å². The van der Waals surface area contributed by atoms with Gasteiger partial charge in [-0.1, -0.05) is 29.8 Å². The number of rotatable bonds is 2. The fourth-order valence-electron chi connectivity index (χ4n) is 3.11. The fourth-order valence-corrected chi connectivity index (χ4v) is 3.33. The molecule has 2 amide bonds. The van der Waals surface area contributed by atoms with Crippen LogP contribution < -0.4 is 10.2 Å². The number of nitrogens with one attached hydrogen (secondary N) is 1. The summed E-state index contributed by atoms with van der Waals surface area (Å²) in [5.41, 5.74) is 5.90. The highest BCUT2D eigenvalue weighted by molar-refractivity contribution is 6.34. The van der Waals surface area contributed by atoms with Gasteiger partial charge in [-0.3, -0.25) is 9.88 Å². The first-order chi connectivity index (χ1) is 12.1. The number of para-hydroxylation sites is 1. The Morgan fingerprint density at radius 3 is 2.76 bits per heavy atom. The summed E-state index contributed by atoms with van der Waals surface area (Å²) in [6.07, 6.45) is 3.65. The Morgan fingerprint density at radius 2 is 1.96 bits per heavy atom. The summed E-state index contributed by atoms with van der Waals surface area (Å²) < 4.78 is 0. The number of aryl methyl sites for hydroxylation is 1. The number of carbonyl (C=O) groups is 1. The summed E-state index contributed by atoms with van der Waals surface area (Å²) in [5, 5.41) is 3.46. The Bertz CT molecular complexity index is 971. The molecular formula is C20H16ClN3O. The SMILES string of the molecule is Cc1ccncc1-c1ccc2c(c1)CNC(=O)N2c1ccccc1Cl. The van der Waals surface area contributed by atoms with Gasteiger partial charge in [-0.15, -0.1) is 0 Å². The minimum Gasteiger partial charge on any atom is -0.333 e. The Labute approximate surface area is 151 Å². The molecule has 4 rings (SSSR count). The first-order valence-corrected chi connectivity index (χ1v) is 8.39. The first kappa shape index (κ1) is 15.7. The largest absolute Gasteiger partial charge is 0.333 e. The highest BCUT2D eigenvalue weighted by atomic mass is 35.5. The Balaban J connectivity index is 1.83. The van der Waals surface area contributed by atoms with Crippen molar-refractivity contribution >= 4 is 29.0 Å². The third-order valence-electron chi connectivity index (χ3n) is 4.40. The number of nitrogens with zero attached hydrogens (tertiary/aromatic N) is 2. The van der Waals surface area contributed by atoms with Crippen LogP contribution >= 0.6 is 11.6 Å². The van der Waals surface area contributed by atoms with Crippen LogP contribution in [-0.4, -0.2) is 11.0 Å². The van der Waals surface area contributed by atoms with Crippen molar-refractivity contribution < 1.29 is 4.79 Å². The molecule has 1 aliphatic heterocycles. The molecule has 1 N–H and O–H groups in total. The van der Waals surface area contributed by atoms with Crippen LogP contribution in [0.1, 0.15) is 11.1 Å². The second kappa shape index (κ2) is 6.22. The van der Waals surface area contributed by atoms with Crippen molar-refractivity contribution in [3.63, 3.8) is 0 Å². The number of anilines is 2. The zero-order valence-electron chi connectivity index (χ0n) is 13.7. The number of urea groups is 1. The van der Waals surface area contributed by atoms with Crippen LogP contribution in [0.25, 0.3) is 11.1 Å². The van der Waals surface area contributed by atoms with E-state index in [1.807, 2.05) is 42.6 Å². The molecule has 0 atom stereocenters. The lowest BCUT2D eigenvalue weighted by atomic mass is 9.98. The highest BCUT2D eigenvalue weighted by Gasteiger charge is 2.27. The second-order valence-corrected chi connectivity index (χ2v) is 6.39. The average Bonchev–Trinajstić information content (AvgIpc) is 2.63. The van der Waals surface area contributed by atoms with E-state index in [2.05, 4.69) is 23.3 Å². The Hall–Kier alpha value is -2.85. The predicted molar refractivity (Wildman–Crippen MR) is 100 cm³/mol. The van der Waals surface area contributed by atoms with Crippen LogP contribution in [0.15, 0.2) is 60.9 Å². The highest BCUT2D eigenvalue weighted by Crippen LogP contribution is 2.37. The maximum absolute atomic E-state index is 12.5. The lowest BCUT2D eigenvalue weighted by Gasteiger charge is -2.31. The number of aromatic nitrogens is 1. The zero-order valence-corrected chi connectivity index (χ0v) is 14.4. The van der Waals surface area contributed by atoms with E-state index in [1.54, 1.807) is 17.2 Å². The molecule has 0 saturated heterocycles. The second-order valence-electron chi connectivity index (χ2n) is 5.98. The van der Waals surface area contributed by atoms with Gasteiger partial charge in [0.15, 0.2) is 0 Å².